The molecule has 1 amide bonds. The number of amides is 1. The van der Waals surface area contributed by atoms with Crippen molar-refractivity contribution in [1.82, 2.24) is 24.6 Å². The molecule has 3 heterocycles. The van der Waals surface area contributed by atoms with E-state index in [-0.39, 0.29) is 11.9 Å². The molecule has 1 unspecified atom stereocenters. The minimum absolute atomic E-state index is 0.232. The smallest absolute Gasteiger partial charge is 0.256 e. The maximum atomic E-state index is 12.7. The molecule has 3 aromatic rings. The highest BCUT2D eigenvalue weighted by Crippen LogP contribution is 2.35. The monoisotopic (exact) mass is 443 g/mol. The van der Waals surface area contributed by atoms with Crippen LogP contribution in [0.3, 0.4) is 0 Å². The Labute approximate surface area is 193 Å². The van der Waals surface area contributed by atoms with Crippen molar-refractivity contribution in [1.29, 1.82) is 0 Å². The molecule has 0 saturated carbocycles. The van der Waals surface area contributed by atoms with Crippen molar-refractivity contribution in [3.8, 4) is 11.3 Å². The average molecular weight is 444 g/mol. The van der Waals surface area contributed by atoms with Gasteiger partial charge in [-0.1, -0.05) is 24.3 Å². The van der Waals surface area contributed by atoms with Gasteiger partial charge in [0.25, 0.3) is 5.91 Å². The van der Waals surface area contributed by atoms with Gasteiger partial charge >= 0.3 is 0 Å². The fraction of sp³-hybridized carbons (Fsp3) is 0.280. The molecule has 1 aliphatic heterocycles. The minimum Gasteiger partial charge on any atom is -0.382 e. The fourth-order valence-corrected chi connectivity index (χ4v) is 4.21. The average Bonchev–Trinajstić information content (AvgIpc) is 3.37. The predicted octanol–water partition coefficient (Wildman–Crippen LogP) is 3.98. The molecule has 1 atom stereocenters. The molecule has 1 fully saturated rings. The number of aromatic nitrogens is 3. The zero-order valence-electron chi connectivity index (χ0n) is 19.2. The Morgan fingerprint density at radius 3 is 2.70 bits per heavy atom. The molecule has 1 aromatic carbocycles. The third-order valence-electron chi connectivity index (χ3n) is 5.75. The molecule has 0 spiro atoms. The van der Waals surface area contributed by atoms with Crippen LogP contribution < -0.4 is 11.1 Å². The number of hydrogen-bond donors (Lipinski definition) is 2. The van der Waals surface area contributed by atoms with Gasteiger partial charge in [-0.15, -0.1) is 0 Å². The maximum absolute atomic E-state index is 12.7. The Morgan fingerprint density at radius 2 is 2.06 bits per heavy atom. The van der Waals surface area contributed by atoms with Gasteiger partial charge in [0.05, 0.1) is 6.04 Å². The number of nitrogens with one attached hydrogen (secondary N) is 1. The molecule has 170 valence electrons. The molecule has 4 rings (SSSR count). The third kappa shape index (κ3) is 4.56. The highest BCUT2D eigenvalue weighted by atomic mass is 16.1. The lowest BCUT2D eigenvalue weighted by Gasteiger charge is -2.18. The Bertz CT molecular complexity index is 1250. The van der Waals surface area contributed by atoms with E-state index < -0.39 is 0 Å². The molecule has 3 N–H and O–H groups in total. The van der Waals surface area contributed by atoms with E-state index in [0.717, 1.165) is 47.6 Å². The molecule has 1 saturated heterocycles. The van der Waals surface area contributed by atoms with Crippen LogP contribution in [0.1, 0.15) is 48.9 Å². The number of nitrogens with zero attached hydrogens (tertiary/aromatic N) is 5. The Balaban J connectivity index is 1.68. The van der Waals surface area contributed by atoms with Gasteiger partial charge in [-0.3, -0.25) is 14.1 Å². The summed E-state index contributed by atoms with van der Waals surface area (Å²) in [5.41, 5.74) is 10.2. The van der Waals surface area contributed by atoms with Gasteiger partial charge in [-0.05, 0) is 58.5 Å². The van der Waals surface area contributed by atoms with E-state index in [1.54, 1.807) is 24.4 Å². The van der Waals surface area contributed by atoms with Gasteiger partial charge in [-0.2, -0.15) is 0 Å². The number of carbonyl (C=O) groups is 1. The molecule has 2 aromatic heterocycles. The summed E-state index contributed by atoms with van der Waals surface area (Å²) in [7, 11) is 2.12. The Morgan fingerprint density at radius 1 is 1.30 bits per heavy atom. The summed E-state index contributed by atoms with van der Waals surface area (Å²) in [5.74, 6) is 1.59. The van der Waals surface area contributed by atoms with Crippen LogP contribution in [0.4, 0.5) is 5.82 Å². The zero-order valence-corrected chi connectivity index (χ0v) is 19.2. The van der Waals surface area contributed by atoms with E-state index in [0.29, 0.717) is 17.2 Å². The second-order valence-corrected chi connectivity index (χ2v) is 8.44. The van der Waals surface area contributed by atoms with E-state index in [4.69, 9.17) is 10.7 Å². The summed E-state index contributed by atoms with van der Waals surface area (Å²) in [6.07, 6.45) is 9.00. The number of benzene rings is 1. The number of allylic oxidation sites excluding steroid dienone is 1. The number of aliphatic imine (C=N–C) groups is 1. The number of anilines is 1. The summed E-state index contributed by atoms with van der Waals surface area (Å²) in [4.78, 5) is 28.4. The lowest BCUT2D eigenvalue weighted by molar-refractivity contribution is 0.0977. The van der Waals surface area contributed by atoms with Crippen LogP contribution in [0.25, 0.3) is 16.8 Å². The van der Waals surface area contributed by atoms with E-state index in [9.17, 15) is 4.79 Å². The van der Waals surface area contributed by atoms with Gasteiger partial charge in [0, 0.05) is 29.7 Å². The first-order valence-corrected chi connectivity index (χ1v) is 11.0. The summed E-state index contributed by atoms with van der Waals surface area (Å²) in [6, 6.07) is 7.56. The minimum atomic E-state index is -0.246. The molecule has 8 nitrogen and oxygen atoms in total. The van der Waals surface area contributed by atoms with Crippen molar-refractivity contribution < 1.29 is 4.79 Å². The van der Waals surface area contributed by atoms with E-state index >= 15 is 0 Å². The molecular formula is C25H29N7O. The Kier molecular flexibility index (Phi) is 6.37. The number of amidine groups is 1. The van der Waals surface area contributed by atoms with Crippen molar-refractivity contribution in [3.63, 3.8) is 0 Å². The number of nitrogen functional groups attached to an aromatic ring is 1. The summed E-state index contributed by atoms with van der Waals surface area (Å²) in [6.45, 7) is 8.52. The van der Waals surface area contributed by atoms with Gasteiger partial charge in [0.2, 0.25) is 0 Å². The number of hydrogen-bond acceptors (Lipinski definition) is 6. The second-order valence-electron chi connectivity index (χ2n) is 8.44. The topological polar surface area (TPSA) is 101 Å². The first kappa shape index (κ1) is 22.4. The molecule has 0 radical (unpaired) electrons. The summed E-state index contributed by atoms with van der Waals surface area (Å²) >= 11 is 0. The highest BCUT2D eigenvalue weighted by Gasteiger charge is 2.28. The summed E-state index contributed by atoms with van der Waals surface area (Å²) < 4.78 is 2.04. The largest absolute Gasteiger partial charge is 0.382 e. The van der Waals surface area contributed by atoms with E-state index in [1.807, 2.05) is 36.6 Å². The van der Waals surface area contributed by atoms with Crippen LogP contribution in [-0.4, -0.2) is 44.6 Å². The quantitative estimate of drug-likeness (QED) is 0.459. The number of likely N-dealkylation sites (tertiary alicyclic amines) is 1. The first-order chi connectivity index (χ1) is 15.9. The van der Waals surface area contributed by atoms with Crippen molar-refractivity contribution in [2.24, 2.45) is 4.99 Å². The maximum Gasteiger partial charge on any atom is 0.256 e. The van der Waals surface area contributed by atoms with Gasteiger partial charge < -0.3 is 11.1 Å². The standard InChI is InChI=1S/C25H29N7O/c1-5-27-20(15-16(2)3)29-25(33)18-10-8-17(9-11-18)21-22-23(26)28-12-14-32(22)24(30-21)19-7-6-13-31(19)4/h5,8-12,14-15,19H,1,6-7,13H2,2-4H3,(H2,26,28)(H,27,29,33). The molecular weight excluding hydrogens is 414 g/mol. The lowest BCUT2D eigenvalue weighted by Crippen LogP contribution is -2.29. The first-order valence-electron chi connectivity index (χ1n) is 11.0. The number of fused-ring (bicyclic) bond motifs is 1. The summed E-state index contributed by atoms with van der Waals surface area (Å²) in [5, 5.41) is 2.82. The Hall–Kier alpha value is -3.78. The normalized spacial score (nSPS) is 16.7. The number of rotatable bonds is 5. The number of carbonyl (C=O) groups excluding carboxylic acids is 1. The fourth-order valence-electron chi connectivity index (χ4n) is 4.21. The second kappa shape index (κ2) is 9.38. The highest BCUT2D eigenvalue weighted by molar-refractivity contribution is 6.10. The molecule has 1 aliphatic rings. The van der Waals surface area contributed by atoms with Crippen LogP contribution in [0.5, 0.6) is 0 Å². The SMILES string of the molecule is C=CN=C(C=C(C)C)NC(=O)c1ccc(-c2nc(C3CCCN3C)n3ccnc(N)c23)cc1. The van der Waals surface area contributed by atoms with Gasteiger partial charge in [0.1, 0.15) is 28.7 Å². The molecule has 8 heteroatoms. The predicted molar refractivity (Wildman–Crippen MR) is 132 cm³/mol. The van der Waals surface area contributed by atoms with Crippen LogP contribution in [0.15, 0.2) is 66.1 Å². The van der Waals surface area contributed by atoms with Crippen molar-refractivity contribution in [3.05, 3.63) is 72.5 Å². The van der Waals surface area contributed by atoms with Crippen LogP contribution in [0.2, 0.25) is 0 Å². The number of imidazole rings is 1. The molecule has 0 bridgehead atoms. The van der Waals surface area contributed by atoms with Crippen molar-refractivity contribution >= 4 is 23.1 Å². The van der Waals surface area contributed by atoms with Gasteiger partial charge in [0.15, 0.2) is 0 Å². The lowest BCUT2D eigenvalue weighted by atomic mass is 10.1. The third-order valence-corrected chi connectivity index (χ3v) is 5.75. The molecule has 33 heavy (non-hydrogen) atoms. The van der Waals surface area contributed by atoms with Gasteiger partial charge in [-0.25, -0.2) is 15.0 Å². The van der Waals surface area contributed by atoms with E-state index in [1.165, 1.54) is 6.20 Å². The molecule has 0 aliphatic carbocycles. The van der Waals surface area contributed by atoms with Crippen molar-refractivity contribution in [2.45, 2.75) is 32.7 Å². The van der Waals surface area contributed by atoms with Crippen LogP contribution >= 0.6 is 0 Å². The van der Waals surface area contributed by atoms with Crippen LogP contribution in [-0.2, 0) is 0 Å². The van der Waals surface area contributed by atoms with Crippen LogP contribution in [0, 0.1) is 0 Å². The zero-order chi connectivity index (χ0) is 23.5. The van der Waals surface area contributed by atoms with Crippen molar-refractivity contribution in [2.75, 3.05) is 19.3 Å². The number of nitrogens with two attached hydrogens (primary N) is 1. The van der Waals surface area contributed by atoms with E-state index in [2.05, 4.69) is 33.8 Å².